The Morgan fingerprint density at radius 3 is 2.40 bits per heavy atom. The van der Waals surface area contributed by atoms with E-state index in [0.717, 1.165) is 29.0 Å². The van der Waals surface area contributed by atoms with E-state index in [9.17, 15) is 19.1 Å². The number of aliphatic hydroxyl groups excluding tert-OH is 1. The number of carbonyl (C=O) groups excluding carboxylic acids is 2. The number of amides is 1. The minimum atomic E-state index is -1.06. The van der Waals surface area contributed by atoms with Gasteiger partial charge in [0, 0.05) is 16.3 Å². The molecule has 0 aliphatic carbocycles. The molecule has 4 aromatic rings. The van der Waals surface area contributed by atoms with Gasteiger partial charge in [0.2, 0.25) is 5.13 Å². The van der Waals surface area contributed by atoms with Crippen LogP contribution in [-0.4, -0.2) is 41.2 Å². The summed E-state index contributed by atoms with van der Waals surface area (Å²) in [5.74, 6) is -1.34. The Labute approximate surface area is 242 Å². The number of nitrogens with zero attached hydrogens (tertiary/aromatic N) is 3. The second-order valence-corrected chi connectivity index (χ2v) is 11.2. The summed E-state index contributed by atoms with van der Waals surface area (Å²) in [6.45, 7) is 0. The van der Waals surface area contributed by atoms with Crippen molar-refractivity contribution in [1.82, 2.24) is 10.2 Å². The van der Waals surface area contributed by atoms with Crippen LogP contribution in [0.15, 0.2) is 76.6 Å². The average molecular weight is 598 g/mol. The van der Waals surface area contributed by atoms with Gasteiger partial charge in [0.15, 0.2) is 15.8 Å². The van der Waals surface area contributed by atoms with Crippen molar-refractivity contribution in [2.24, 2.45) is 0 Å². The molecule has 0 saturated carbocycles. The van der Waals surface area contributed by atoms with Gasteiger partial charge in [-0.3, -0.25) is 14.5 Å². The van der Waals surface area contributed by atoms with E-state index >= 15 is 0 Å². The molecule has 1 N–H and O–H groups in total. The van der Waals surface area contributed by atoms with E-state index in [0.29, 0.717) is 32.2 Å². The van der Waals surface area contributed by atoms with Gasteiger partial charge in [-0.15, -0.1) is 10.2 Å². The molecule has 1 saturated heterocycles. The Morgan fingerprint density at radius 2 is 1.73 bits per heavy atom. The molecule has 1 atom stereocenters. The number of hydrogen-bond donors (Lipinski definition) is 1. The zero-order chi connectivity index (χ0) is 28.4. The van der Waals surface area contributed by atoms with Gasteiger partial charge in [0.25, 0.3) is 5.78 Å². The minimum Gasteiger partial charge on any atom is -0.507 e. The molecule has 1 aromatic heterocycles. The Bertz CT molecular complexity index is 1610. The number of thioether (sulfide) groups is 1. The highest BCUT2D eigenvalue weighted by Crippen LogP contribution is 2.45. The molecule has 1 aliphatic rings. The summed E-state index contributed by atoms with van der Waals surface area (Å²) in [6, 6.07) is 16.3. The minimum absolute atomic E-state index is 0.172. The summed E-state index contributed by atoms with van der Waals surface area (Å²) in [5.41, 5.74) is 1.50. The van der Waals surface area contributed by atoms with Crippen molar-refractivity contribution in [2.45, 2.75) is 16.1 Å². The topological polar surface area (TPSA) is 102 Å². The first-order valence-electron chi connectivity index (χ1n) is 11.8. The molecule has 0 spiro atoms. The number of hydrogen-bond acceptors (Lipinski definition) is 9. The Kier molecular flexibility index (Phi) is 8.06. The van der Waals surface area contributed by atoms with Crippen LogP contribution in [0.1, 0.15) is 22.7 Å². The number of carbonyl (C=O) groups is 2. The van der Waals surface area contributed by atoms with E-state index in [1.165, 1.54) is 43.0 Å². The molecule has 0 radical (unpaired) electrons. The van der Waals surface area contributed by atoms with Crippen LogP contribution >= 0.6 is 34.7 Å². The maximum Gasteiger partial charge on any atom is 0.301 e. The molecule has 5 rings (SSSR count). The molecule has 1 unspecified atom stereocenters. The lowest BCUT2D eigenvalue weighted by Gasteiger charge is -2.23. The quantitative estimate of drug-likeness (QED) is 0.0834. The fourth-order valence-corrected chi connectivity index (χ4v) is 6.16. The number of anilines is 1. The fourth-order valence-electron chi connectivity index (χ4n) is 4.22. The van der Waals surface area contributed by atoms with E-state index in [4.69, 9.17) is 21.1 Å². The lowest BCUT2D eigenvalue weighted by atomic mass is 9.95. The highest BCUT2D eigenvalue weighted by atomic mass is 35.5. The number of aliphatic hydroxyl groups is 1. The summed E-state index contributed by atoms with van der Waals surface area (Å²) in [7, 11) is 2.95. The Hall–Kier alpha value is -3.93. The van der Waals surface area contributed by atoms with Crippen LogP contribution in [0.3, 0.4) is 0 Å². The SMILES string of the molecule is COc1ccc(C2/C(=C(/O)c3ccc(F)cc3)C(=O)C(=O)N2c2nnc(SCc3ccc(Cl)cc3)s2)cc1OC. The Balaban J connectivity index is 1.57. The first kappa shape index (κ1) is 27.6. The van der Waals surface area contributed by atoms with Gasteiger partial charge in [-0.05, 0) is 59.7 Å². The molecule has 40 heavy (non-hydrogen) atoms. The smallest absolute Gasteiger partial charge is 0.301 e. The van der Waals surface area contributed by atoms with E-state index < -0.39 is 29.3 Å². The van der Waals surface area contributed by atoms with Crippen molar-refractivity contribution >= 4 is 57.3 Å². The van der Waals surface area contributed by atoms with Crippen LogP contribution in [0.25, 0.3) is 5.76 Å². The second kappa shape index (κ2) is 11.7. The normalized spacial score (nSPS) is 16.4. The molecule has 1 aliphatic heterocycles. The molecule has 12 heteroatoms. The number of ketones is 1. The van der Waals surface area contributed by atoms with Gasteiger partial charge in [-0.2, -0.15) is 0 Å². The van der Waals surface area contributed by atoms with Crippen molar-refractivity contribution in [3.63, 3.8) is 0 Å². The van der Waals surface area contributed by atoms with E-state index in [1.807, 2.05) is 12.1 Å². The predicted octanol–water partition coefficient (Wildman–Crippen LogP) is 6.27. The van der Waals surface area contributed by atoms with E-state index in [2.05, 4.69) is 10.2 Å². The van der Waals surface area contributed by atoms with Gasteiger partial charge in [-0.1, -0.05) is 52.9 Å². The molecule has 204 valence electrons. The number of aromatic nitrogens is 2. The number of Topliss-reactive ketones (excluding diaryl/α,β-unsaturated/α-hetero) is 1. The van der Waals surface area contributed by atoms with E-state index in [-0.39, 0.29) is 16.3 Å². The third-order valence-electron chi connectivity index (χ3n) is 6.16. The average Bonchev–Trinajstić information content (AvgIpc) is 3.54. The highest BCUT2D eigenvalue weighted by Gasteiger charge is 2.48. The summed E-state index contributed by atoms with van der Waals surface area (Å²) in [5, 5.41) is 20.5. The summed E-state index contributed by atoms with van der Waals surface area (Å²) >= 11 is 8.53. The summed E-state index contributed by atoms with van der Waals surface area (Å²) in [6.07, 6.45) is 0. The molecule has 1 fully saturated rings. The first-order valence-corrected chi connectivity index (χ1v) is 14.0. The number of ether oxygens (including phenoxy) is 2. The third kappa shape index (κ3) is 5.40. The standard InChI is InChI=1S/C28H21ClFN3O5S2/c1-37-20-12-7-17(13-21(20)38-2)23-22(24(34)16-5-10-19(30)11-6-16)25(35)26(36)33(23)27-31-32-28(40-27)39-14-15-3-8-18(29)9-4-15/h3-13,23,34H,14H2,1-2H3/b24-22-. The largest absolute Gasteiger partial charge is 0.507 e. The van der Waals surface area contributed by atoms with Crippen LogP contribution in [-0.2, 0) is 15.3 Å². The molecule has 0 bridgehead atoms. The van der Waals surface area contributed by atoms with Crippen LogP contribution in [0.5, 0.6) is 11.5 Å². The first-order chi connectivity index (χ1) is 19.3. The molecule has 3 aromatic carbocycles. The molecular weight excluding hydrogens is 577 g/mol. The van der Waals surface area contributed by atoms with Crippen LogP contribution < -0.4 is 14.4 Å². The van der Waals surface area contributed by atoms with Gasteiger partial charge in [0.05, 0.1) is 25.8 Å². The second-order valence-electron chi connectivity index (χ2n) is 8.56. The van der Waals surface area contributed by atoms with Gasteiger partial charge < -0.3 is 14.6 Å². The maximum atomic E-state index is 13.6. The number of methoxy groups -OCH3 is 2. The number of halogens is 2. The maximum absolute atomic E-state index is 13.6. The molecular formula is C28H21ClFN3O5S2. The predicted molar refractivity (Wildman–Crippen MR) is 152 cm³/mol. The van der Waals surface area contributed by atoms with E-state index in [1.54, 1.807) is 30.3 Å². The van der Waals surface area contributed by atoms with Crippen LogP contribution in [0, 0.1) is 5.82 Å². The zero-order valence-corrected chi connectivity index (χ0v) is 23.5. The summed E-state index contributed by atoms with van der Waals surface area (Å²) in [4.78, 5) is 28.0. The Morgan fingerprint density at radius 1 is 1.02 bits per heavy atom. The molecule has 1 amide bonds. The fraction of sp³-hybridized carbons (Fsp3) is 0.143. The lowest BCUT2D eigenvalue weighted by Crippen LogP contribution is -2.29. The van der Waals surface area contributed by atoms with Gasteiger partial charge in [-0.25, -0.2) is 4.39 Å². The third-order valence-corrected chi connectivity index (χ3v) is 8.54. The van der Waals surface area contributed by atoms with Crippen LogP contribution in [0.2, 0.25) is 5.02 Å². The molecule has 8 nitrogen and oxygen atoms in total. The number of rotatable bonds is 8. The van der Waals surface area contributed by atoms with Crippen molar-refractivity contribution in [2.75, 3.05) is 19.1 Å². The number of benzene rings is 3. The van der Waals surface area contributed by atoms with Crippen molar-refractivity contribution < 1.29 is 28.6 Å². The zero-order valence-electron chi connectivity index (χ0n) is 21.1. The van der Waals surface area contributed by atoms with Gasteiger partial charge in [0.1, 0.15) is 11.6 Å². The van der Waals surface area contributed by atoms with Crippen molar-refractivity contribution in [3.8, 4) is 11.5 Å². The van der Waals surface area contributed by atoms with Crippen molar-refractivity contribution in [3.05, 3.63) is 99.8 Å². The van der Waals surface area contributed by atoms with Gasteiger partial charge >= 0.3 is 5.91 Å². The van der Waals surface area contributed by atoms with Crippen LogP contribution in [0.4, 0.5) is 9.52 Å². The summed E-state index contributed by atoms with van der Waals surface area (Å²) < 4.78 is 24.9. The monoisotopic (exact) mass is 597 g/mol. The highest BCUT2D eigenvalue weighted by molar-refractivity contribution is 8.00. The van der Waals surface area contributed by atoms with Crippen molar-refractivity contribution in [1.29, 1.82) is 0 Å². The lowest BCUT2D eigenvalue weighted by molar-refractivity contribution is -0.132. The molecule has 2 heterocycles.